The van der Waals surface area contributed by atoms with Gasteiger partial charge in [-0.3, -0.25) is 14.5 Å². The molecule has 0 saturated heterocycles. The summed E-state index contributed by atoms with van der Waals surface area (Å²) in [7, 11) is 0. The number of hydrogen-bond donors (Lipinski definition) is 1. The molecular weight excluding hydrogens is 465 g/mol. The van der Waals surface area contributed by atoms with Gasteiger partial charge in [0, 0.05) is 24.1 Å². The van der Waals surface area contributed by atoms with Crippen LogP contribution in [-0.2, 0) is 9.59 Å². The number of anilines is 3. The Hall–Kier alpha value is -3.68. The van der Waals surface area contributed by atoms with Crippen LogP contribution in [0.4, 0.5) is 29.7 Å². The second-order valence-electron chi connectivity index (χ2n) is 6.26. The molecule has 162 valence electrons. The second kappa shape index (κ2) is 9.64. The number of rotatable bonds is 5. The predicted molar refractivity (Wildman–Crippen MR) is 115 cm³/mol. The summed E-state index contributed by atoms with van der Waals surface area (Å²) in [5.74, 6) is -3.79. The van der Waals surface area contributed by atoms with Gasteiger partial charge in [0.15, 0.2) is 5.13 Å². The number of thiazole rings is 1. The number of nitriles is 1. The van der Waals surface area contributed by atoms with Gasteiger partial charge in [0.2, 0.25) is 5.91 Å². The predicted octanol–water partition coefficient (Wildman–Crippen LogP) is 5.44. The van der Waals surface area contributed by atoms with Crippen LogP contribution in [0, 0.1) is 28.8 Å². The van der Waals surface area contributed by atoms with E-state index in [-0.39, 0.29) is 32.8 Å². The maximum atomic E-state index is 14.2. The third-order valence-corrected chi connectivity index (χ3v) is 5.14. The number of nitrogens with one attached hydrogen (secondary N) is 1. The zero-order valence-electron chi connectivity index (χ0n) is 16.2. The summed E-state index contributed by atoms with van der Waals surface area (Å²) in [6.07, 6.45) is 1.17. The van der Waals surface area contributed by atoms with Gasteiger partial charge in [-0.1, -0.05) is 11.6 Å². The van der Waals surface area contributed by atoms with E-state index >= 15 is 0 Å². The van der Waals surface area contributed by atoms with Crippen LogP contribution in [0.5, 0.6) is 0 Å². The molecule has 0 saturated carbocycles. The molecule has 0 aliphatic heterocycles. The molecule has 6 nitrogen and oxygen atoms in total. The molecule has 3 rings (SSSR count). The van der Waals surface area contributed by atoms with E-state index in [0.29, 0.717) is 6.07 Å². The molecular formula is C21H12ClF3N4O2S. The molecule has 11 heteroatoms. The van der Waals surface area contributed by atoms with E-state index in [1.807, 2.05) is 0 Å². The van der Waals surface area contributed by atoms with Gasteiger partial charge in [0.1, 0.15) is 29.1 Å². The van der Waals surface area contributed by atoms with Crippen molar-refractivity contribution < 1.29 is 22.8 Å². The Morgan fingerprint density at radius 2 is 1.94 bits per heavy atom. The van der Waals surface area contributed by atoms with Crippen molar-refractivity contribution in [3.63, 3.8) is 0 Å². The first-order valence-corrected chi connectivity index (χ1v) is 10.0. The number of hydrogen-bond acceptors (Lipinski definition) is 5. The number of halogens is 4. The number of nitrogens with zero attached hydrogens (tertiary/aromatic N) is 3. The monoisotopic (exact) mass is 476 g/mol. The topological polar surface area (TPSA) is 86.1 Å². The first-order valence-electron chi connectivity index (χ1n) is 8.79. The van der Waals surface area contributed by atoms with Gasteiger partial charge in [-0.15, -0.1) is 11.3 Å². The van der Waals surface area contributed by atoms with Crippen molar-refractivity contribution in [3.05, 3.63) is 75.5 Å². The number of carbonyl (C=O) groups is 2. The molecule has 0 unspecified atom stereocenters. The minimum absolute atomic E-state index is 0.0530. The molecule has 0 spiro atoms. The maximum absolute atomic E-state index is 14.2. The van der Waals surface area contributed by atoms with Crippen molar-refractivity contribution in [1.29, 1.82) is 5.26 Å². The van der Waals surface area contributed by atoms with Crippen molar-refractivity contribution in [1.82, 2.24) is 4.98 Å². The summed E-state index contributed by atoms with van der Waals surface area (Å²) in [6.45, 7) is 1.18. The quantitative estimate of drug-likeness (QED) is 0.392. The normalized spacial score (nSPS) is 11.1. The highest BCUT2D eigenvalue weighted by Gasteiger charge is 2.22. The minimum atomic E-state index is -0.956. The summed E-state index contributed by atoms with van der Waals surface area (Å²) in [4.78, 5) is 29.6. The lowest BCUT2D eigenvalue weighted by atomic mass is 10.2. The van der Waals surface area contributed by atoms with Crippen molar-refractivity contribution in [2.45, 2.75) is 6.92 Å². The summed E-state index contributed by atoms with van der Waals surface area (Å²) < 4.78 is 40.7. The zero-order chi connectivity index (χ0) is 23.4. The average molecular weight is 477 g/mol. The number of carbonyl (C=O) groups excluding carboxylic acids is 2. The van der Waals surface area contributed by atoms with Crippen LogP contribution in [-0.4, -0.2) is 16.8 Å². The molecule has 0 aliphatic rings. The first-order chi connectivity index (χ1) is 15.2. The van der Waals surface area contributed by atoms with Crippen LogP contribution in [0.15, 0.2) is 47.4 Å². The lowest BCUT2D eigenvalue weighted by molar-refractivity contribution is -0.116. The molecule has 0 bridgehead atoms. The largest absolute Gasteiger partial charge is 0.321 e. The van der Waals surface area contributed by atoms with Gasteiger partial charge in [-0.25, -0.2) is 18.2 Å². The van der Waals surface area contributed by atoms with E-state index in [4.69, 9.17) is 11.6 Å². The molecule has 1 aromatic heterocycles. The fourth-order valence-corrected chi connectivity index (χ4v) is 3.60. The SMILES string of the molecule is CC(=O)N(c1nc(/C=C(\C#N)C(=O)Nc2ccc(F)c(Cl)c2)cs1)c1ccc(F)cc1F. The Balaban J connectivity index is 1.87. The highest BCUT2D eigenvalue weighted by atomic mass is 35.5. The highest BCUT2D eigenvalue weighted by Crippen LogP contribution is 2.31. The van der Waals surface area contributed by atoms with Crippen molar-refractivity contribution >= 4 is 57.3 Å². The van der Waals surface area contributed by atoms with Gasteiger partial charge < -0.3 is 5.32 Å². The number of benzene rings is 2. The van der Waals surface area contributed by atoms with Gasteiger partial charge in [-0.05, 0) is 36.4 Å². The molecule has 2 aromatic carbocycles. The van der Waals surface area contributed by atoms with E-state index in [1.165, 1.54) is 30.5 Å². The Kier molecular flexibility index (Phi) is 6.92. The van der Waals surface area contributed by atoms with Crippen molar-refractivity contribution in [2.75, 3.05) is 10.2 Å². The van der Waals surface area contributed by atoms with Crippen LogP contribution in [0.25, 0.3) is 6.08 Å². The molecule has 0 aliphatic carbocycles. The third kappa shape index (κ3) is 5.14. The van der Waals surface area contributed by atoms with Crippen LogP contribution in [0.3, 0.4) is 0 Å². The lowest BCUT2D eigenvalue weighted by Gasteiger charge is -2.18. The first kappa shape index (κ1) is 23.0. The summed E-state index contributed by atoms with van der Waals surface area (Å²) in [6, 6.07) is 8.00. The molecule has 0 radical (unpaired) electrons. The minimum Gasteiger partial charge on any atom is -0.321 e. The van der Waals surface area contributed by atoms with Crippen LogP contribution in [0.1, 0.15) is 12.6 Å². The summed E-state index contributed by atoms with van der Waals surface area (Å²) in [5.41, 5.74) is -0.196. The number of aromatic nitrogens is 1. The van der Waals surface area contributed by atoms with Gasteiger partial charge in [0.05, 0.1) is 16.4 Å². The molecule has 0 atom stereocenters. The third-order valence-electron chi connectivity index (χ3n) is 4.00. The fraction of sp³-hybridized carbons (Fsp3) is 0.0476. The Morgan fingerprint density at radius 3 is 2.56 bits per heavy atom. The lowest BCUT2D eigenvalue weighted by Crippen LogP contribution is -2.23. The van der Waals surface area contributed by atoms with E-state index in [0.717, 1.165) is 34.4 Å². The summed E-state index contributed by atoms with van der Waals surface area (Å²) in [5, 5.41) is 13.1. The van der Waals surface area contributed by atoms with E-state index in [9.17, 15) is 28.0 Å². The molecule has 1 N–H and O–H groups in total. The maximum Gasteiger partial charge on any atom is 0.266 e. The van der Waals surface area contributed by atoms with Crippen molar-refractivity contribution in [2.24, 2.45) is 0 Å². The summed E-state index contributed by atoms with van der Waals surface area (Å²) >= 11 is 6.63. The van der Waals surface area contributed by atoms with E-state index < -0.39 is 29.3 Å². The zero-order valence-corrected chi connectivity index (χ0v) is 17.8. The molecule has 0 fully saturated rings. The average Bonchev–Trinajstić information content (AvgIpc) is 3.18. The smallest absolute Gasteiger partial charge is 0.266 e. The van der Waals surface area contributed by atoms with Crippen molar-refractivity contribution in [3.8, 4) is 6.07 Å². The van der Waals surface area contributed by atoms with Gasteiger partial charge >= 0.3 is 0 Å². The van der Waals surface area contributed by atoms with Gasteiger partial charge in [-0.2, -0.15) is 5.26 Å². The van der Waals surface area contributed by atoms with Crippen LogP contribution >= 0.6 is 22.9 Å². The Labute approximate surface area is 189 Å². The fourth-order valence-electron chi connectivity index (χ4n) is 2.58. The highest BCUT2D eigenvalue weighted by molar-refractivity contribution is 7.14. The van der Waals surface area contributed by atoms with Gasteiger partial charge in [0.25, 0.3) is 5.91 Å². The molecule has 32 heavy (non-hydrogen) atoms. The molecule has 3 aromatic rings. The Bertz CT molecular complexity index is 1290. The molecule has 2 amide bonds. The number of amides is 2. The van der Waals surface area contributed by atoms with E-state index in [2.05, 4.69) is 10.3 Å². The molecule has 1 heterocycles. The Morgan fingerprint density at radius 1 is 1.19 bits per heavy atom. The van der Waals surface area contributed by atoms with E-state index in [1.54, 1.807) is 6.07 Å². The van der Waals surface area contributed by atoms with Crippen LogP contribution in [0.2, 0.25) is 5.02 Å². The standard InChI is InChI=1S/C21H12ClF3N4O2S/c1-11(30)29(19-5-2-13(23)7-18(19)25)21-28-15(10-32-21)6-12(9-26)20(31)27-14-3-4-17(24)16(22)8-14/h2-8,10H,1H3,(H,27,31)/b12-6+. The van der Waals surface area contributed by atoms with Crippen LogP contribution < -0.4 is 10.2 Å². The second-order valence-corrected chi connectivity index (χ2v) is 7.50.